The van der Waals surface area contributed by atoms with E-state index in [9.17, 15) is 4.79 Å². The van der Waals surface area contributed by atoms with Crippen LogP contribution in [0.25, 0.3) is 0 Å². The molecule has 0 heterocycles. The molecule has 1 aromatic carbocycles. The zero-order chi connectivity index (χ0) is 15.1. The standard InChI is InChI=1S/C14H19Cl2NO3/c1-3-6-17(7-8-18)14(19)10(2)20-13-5-4-11(15)9-12(13)16/h4-5,9-10,18H,3,6-8H2,1-2H3. The number of amides is 1. The van der Waals surface area contributed by atoms with E-state index in [2.05, 4.69) is 0 Å². The highest BCUT2D eigenvalue weighted by Crippen LogP contribution is 2.28. The Balaban J connectivity index is 2.73. The van der Waals surface area contributed by atoms with E-state index >= 15 is 0 Å². The first kappa shape index (κ1) is 17.1. The molecule has 1 rings (SSSR count). The molecule has 20 heavy (non-hydrogen) atoms. The molecule has 0 aliphatic heterocycles. The molecule has 1 N–H and O–H groups in total. The van der Waals surface area contributed by atoms with Crippen LogP contribution < -0.4 is 4.74 Å². The molecule has 1 aromatic rings. The van der Waals surface area contributed by atoms with Crippen molar-refractivity contribution in [2.75, 3.05) is 19.7 Å². The molecule has 0 aliphatic carbocycles. The smallest absolute Gasteiger partial charge is 0.263 e. The van der Waals surface area contributed by atoms with Crippen LogP contribution in [-0.4, -0.2) is 41.7 Å². The van der Waals surface area contributed by atoms with Crippen molar-refractivity contribution < 1.29 is 14.6 Å². The van der Waals surface area contributed by atoms with Crippen molar-refractivity contribution in [2.45, 2.75) is 26.4 Å². The van der Waals surface area contributed by atoms with Crippen molar-refractivity contribution in [2.24, 2.45) is 0 Å². The van der Waals surface area contributed by atoms with E-state index in [1.54, 1.807) is 30.0 Å². The summed E-state index contributed by atoms with van der Waals surface area (Å²) in [5, 5.41) is 9.86. The topological polar surface area (TPSA) is 49.8 Å². The van der Waals surface area contributed by atoms with Gasteiger partial charge >= 0.3 is 0 Å². The summed E-state index contributed by atoms with van der Waals surface area (Å²) in [6.07, 6.45) is 0.145. The van der Waals surface area contributed by atoms with Crippen molar-refractivity contribution in [1.29, 1.82) is 0 Å². The predicted molar refractivity (Wildman–Crippen MR) is 80.5 cm³/mol. The summed E-state index contributed by atoms with van der Waals surface area (Å²) in [4.78, 5) is 13.8. The van der Waals surface area contributed by atoms with Crippen molar-refractivity contribution in [3.63, 3.8) is 0 Å². The zero-order valence-corrected chi connectivity index (χ0v) is 13.1. The number of aliphatic hydroxyl groups excluding tert-OH is 1. The highest BCUT2D eigenvalue weighted by atomic mass is 35.5. The quantitative estimate of drug-likeness (QED) is 0.840. The molecule has 0 spiro atoms. The van der Waals surface area contributed by atoms with Gasteiger partial charge in [0.05, 0.1) is 11.6 Å². The summed E-state index contributed by atoms with van der Waals surface area (Å²) in [6.45, 7) is 4.45. The number of aliphatic hydroxyl groups is 1. The Labute approximate surface area is 129 Å². The highest BCUT2D eigenvalue weighted by molar-refractivity contribution is 6.35. The van der Waals surface area contributed by atoms with E-state index < -0.39 is 6.10 Å². The van der Waals surface area contributed by atoms with E-state index in [-0.39, 0.29) is 12.5 Å². The summed E-state index contributed by atoms with van der Waals surface area (Å²) in [7, 11) is 0. The van der Waals surface area contributed by atoms with Gasteiger partial charge < -0.3 is 14.7 Å². The number of halogens is 2. The molecular formula is C14H19Cl2NO3. The number of carbonyl (C=O) groups excluding carboxylic acids is 1. The van der Waals surface area contributed by atoms with Gasteiger partial charge in [-0.2, -0.15) is 0 Å². The number of carbonyl (C=O) groups is 1. The summed E-state index contributed by atoms with van der Waals surface area (Å²) in [5.41, 5.74) is 0. The largest absolute Gasteiger partial charge is 0.479 e. The number of rotatable bonds is 7. The van der Waals surface area contributed by atoms with E-state index in [1.807, 2.05) is 6.92 Å². The molecule has 1 amide bonds. The third kappa shape index (κ3) is 4.85. The van der Waals surface area contributed by atoms with Crippen LogP contribution in [0, 0.1) is 0 Å². The molecule has 0 saturated heterocycles. The van der Waals surface area contributed by atoms with Crippen LogP contribution in [0.2, 0.25) is 10.0 Å². The zero-order valence-electron chi connectivity index (χ0n) is 11.6. The maximum atomic E-state index is 12.2. The molecule has 1 unspecified atom stereocenters. The number of ether oxygens (including phenoxy) is 1. The second-order valence-corrected chi connectivity index (χ2v) is 5.23. The lowest BCUT2D eigenvalue weighted by Crippen LogP contribution is -2.42. The minimum atomic E-state index is -0.674. The van der Waals surface area contributed by atoms with Crippen molar-refractivity contribution >= 4 is 29.1 Å². The molecule has 112 valence electrons. The Hall–Kier alpha value is -0.970. The average molecular weight is 320 g/mol. The summed E-state index contributed by atoms with van der Waals surface area (Å²) < 4.78 is 5.57. The van der Waals surface area contributed by atoms with E-state index in [0.717, 1.165) is 6.42 Å². The normalized spacial score (nSPS) is 12.1. The third-order valence-corrected chi connectivity index (χ3v) is 3.25. The minimum Gasteiger partial charge on any atom is -0.479 e. The lowest BCUT2D eigenvalue weighted by Gasteiger charge is -2.25. The first-order valence-electron chi connectivity index (χ1n) is 6.51. The Morgan fingerprint density at radius 1 is 1.40 bits per heavy atom. The van der Waals surface area contributed by atoms with Gasteiger partial charge in [-0.05, 0) is 31.5 Å². The summed E-state index contributed by atoms with van der Waals surface area (Å²) in [5.74, 6) is 0.240. The average Bonchev–Trinajstić information content (AvgIpc) is 2.40. The molecule has 4 nitrogen and oxygen atoms in total. The van der Waals surface area contributed by atoms with Crippen LogP contribution in [0.4, 0.5) is 0 Å². The number of nitrogens with zero attached hydrogens (tertiary/aromatic N) is 1. The lowest BCUT2D eigenvalue weighted by atomic mass is 10.3. The molecule has 0 radical (unpaired) electrons. The molecule has 0 aliphatic rings. The van der Waals surface area contributed by atoms with Crippen LogP contribution in [-0.2, 0) is 4.79 Å². The Morgan fingerprint density at radius 2 is 2.10 bits per heavy atom. The van der Waals surface area contributed by atoms with E-state index in [1.165, 1.54) is 0 Å². The fraction of sp³-hybridized carbons (Fsp3) is 0.500. The van der Waals surface area contributed by atoms with E-state index in [4.69, 9.17) is 33.0 Å². The van der Waals surface area contributed by atoms with Crippen LogP contribution in [0.1, 0.15) is 20.3 Å². The molecule has 0 aromatic heterocycles. The van der Waals surface area contributed by atoms with Crippen LogP contribution >= 0.6 is 23.2 Å². The van der Waals surface area contributed by atoms with Gasteiger partial charge in [0.15, 0.2) is 6.10 Å². The third-order valence-electron chi connectivity index (χ3n) is 2.72. The molecular weight excluding hydrogens is 301 g/mol. The van der Waals surface area contributed by atoms with Crippen molar-refractivity contribution in [1.82, 2.24) is 4.90 Å². The van der Waals surface area contributed by atoms with E-state index in [0.29, 0.717) is 28.9 Å². The Morgan fingerprint density at radius 3 is 2.65 bits per heavy atom. The number of benzene rings is 1. The number of hydrogen-bond acceptors (Lipinski definition) is 3. The van der Waals surface area contributed by atoms with Gasteiger partial charge in [-0.15, -0.1) is 0 Å². The minimum absolute atomic E-state index is 0.0693. The highest BCUT2D eigenvalue weighted by Gasteiger charge is 2.21. The first-order valence-corrected chi connectivity index (χ1v) is 7.26. The van der Waals surface area contributed by atoms with Crippen LogP contribution in [0.3, 0.4) is 0 Å². The molecule has 0 bridgehead atoms. The number of hydrogen-bond donors (Lipinski definition) is 1. The first-order chi connectivity index (χ1) is 9.49. The summed E-state index contributed by atoms with van der Waals surface area (Å²) in [6, 6.07) is 4.84. The fourth-order valence-corrected chi connectivity index (χ4v) is 2.24. The maximum absolute atomic E-state index is 12.2. The lowest BCUT2D eigenvalue weighted by molar-refractivity contribution is -0.138. The molecule has 0 saturated carbocycles. The molecule has 0 fully saturated rings. The second kappa shape index (κ2) is 8.35. The second-order valence-electron chi connectivity index (χ2n) is 4.38. The van der Waals surface area contributed by atoms with Gasteiger partial charge in [0.2, 0.25) is 0 Å². The van der Waals surface area contributed by atoms with Crippen LogP contribution in [0.15, 0.2) is 18.2 Å². The van der Waals surface area contributed by atoms with Crippen molar-refractivity contribution in [3.05, 3.63) is 28.2 Å². The van der Waals surface area contributed by atoms with Gasteiger partial charge in [0.25, 0.3) is 5.91 Å². The Kier molecular flexibility index (Phi) is 7.13. The van der Waals surface area contributed by atoms with Gasteiger partial charge in [0, 0.05) is 18.1 Å². The van der Waals surface area contributed by atoms with Gasteiger partial charge in [-0.25, -0.2) is 0 Å². The Bertz CT molecular complexity index is 448. The van der Waals surface area contributed by atoms with Gasteiger partial charge in [0.1, 0.15) is 5.75 Å². The maximum Gasteiger partial charge on any atom is 0.263 e. The van der Waals surface area contributed by atoms with Crippen LogP contribution in [0.5, 0.6) is 5.75 Å². The van der Waals surface area contributed by atoms with Crippen molar-refractivity contribution in [3.8, 4) is 5.75 Å². The fourth-order valence-electron chi connectivity index (χ4n) is 1.79. The predicted octanol–water partition coefficient (Wildman–Crippen LogP) is 2.99. The summed E-state index contributed by atoms with van der Waals surface area (Å²) >= 11 is 11.8. The SMILES string of the molecule is CCCN(CCO)C(=O)C(C)Oc1ccc(Cl)cc1Cl. The van der Waals surface area contributed by atoms with Gasteiger partial charge in [-0.1, -0.05) is 30.1 Å². The molecule has 6 heteroatoms. The monoisotopic (exact) mass is 319 g/mol. The molecule has 1 atom stereocenters. The van der Waals surface area contributed by atoms with Gasteiger partial charge in [-0.3, -0.25) is 4.79 Å².